The van der Waals surface area contributed by atoms with Crippen LogP contribution in [0, 0.1) is 11.8 Å². The number of aromatic nitrogens is 1. The lowest BCUT2D eigenvalue weighted by Crippen LogP contribution is -2.37. The molecule has 2 rings (SSSR count). The fraction of sp³-hybridized carbons (Fsp3) is 0.769. The van der Waals surface area contributed by atoms with E-state index in [0.717, 1.165) is 11.8 Å². The lowest BCUT2D eigenvalue weighted by molar-refractivity contribution is 0.229. The first-order valence-electron chi connectivity index (χ1n) is 6.29. The van der Waals surface area contributed by atoms with Crippen molar-refractivity contribution in [3.63, 3.8) is 0 Å². The van der Waals surface area contributed by atoms with Crippen LogP contribution in [-0.2, 0) is 0 Å². The third kappa shape index (κ3) is 3.05. The SMILES string of the molecule is CC1CC(C)CC(NC(C)c2cncs2)C1. The maximum Gasteiger partial charge on any atom is 0.0794 e. The van der Waals surface area contributed by atoms with Crippen LogP contribution in [0.4, 0.5) is 0 Å². The number of hydrogen-bond donors (Lipinski definition) is 1. The molecule has 1 aromatic heterocycles. The number of hydrogen-bond acceptors (Lipinski definition) is 3. The predicted octanol–water partition coefficient (Wildman–Crippen LogP) is 3.62. The summed E-state index contributed by atoms with van der Waals surface area (Å²) < 4.78 is 0. The molecule has 2 nitrogen and oxygen atoms in total. The predicted molar refractivity (Wildman–Crippen MR) is 69.6 cm³/mol. The first-order chi connectivity index (χ1) is 7.65. The van der Waals surface area contributed by atoms with E-state index in [1.165, 1.54) is 24.1 Å². The highest BCUT2D eigenvalue weighted by atomic mass is 32.1. The Hall–Kier alpha value is -0.410. The van der Waals surface area contributed by atoms with Crippen LogP contribution in [0.1, 0.15) is 51.0 Å². The molecule has 1 aliphatic rings. The van der Waals surface area contributed by atoms with E-state index in [2.05, 4.69) is 31.1 Å². The molecule has 0 amide bonds. The second kappa shape index (κ2) is 5.28. The summed E-state index contributed by atoms with van der Waals surface area (Å²) in [5.41, 5.74) is 1.92. The number of nitrogens with zero attached hydrogens (tertiary/aromatic N) is 1. The number of thiazole rings is 1. The van der Waals surface area contributed by atoms with Crippen molar-refractivity contribution in [3.05, 3.63) is 16.6 Å². The zero-order valence-electron chi connectivity index (χ0n) is 10.4. The third-order valence-electron chi connectivity index (χ3n) is 3.54. The van der Waals surface area contributed by atoms with Crippen molar-refractivity contribution in [1.82, 2.24) is 10.3 Å². The molecule has 0 spiro atoms. The van der Waals surface area contributed by atoms with Gasteiger partial charge in [0.05, 0.1) is 5.51 Å². The Labute approximate surface area is 102 Å². The molecule has 3 heteroatoms. The fourth-order valence-corrected chi connectivity index (χ4v) is 3.60. The van der Waals surface area contributed by atoms with Gasteiger partial charge in [-0.05, 0) is 38.0 Å². The van der Waals surface area contributed by atoms with E-state index in [1.54, 1.807) is 11.3 Å². The molecule has 0 bridgehead atoms. The summed E-state index contributed by atoms with van der Waals surface area (Å²) >= 11 is 1.75. The number of rotatable bonds is 3. The summed E-state index contributed by atoms with van der Waals surface area (Å²) in [5.74, 6) is 1.74. The summed E-state index contributed by atoms with van der Waals surface area (Å²) in [6.45, 7) is 7.00. The van der Waals surface area contributed by atoms with Gasteiger partial charge in [0.25, 0.3) is 0 Å². The van der Waals surface area contributed by atoms with Crippen molar-refractivity contribution in [3.8, 4) is 0 Å². The van der Waals surface area contributed by atoms with Crippen LogP contribution in [0.2, 0.25) is 0 Å². The Bertz CT molecular complexity index is 300. The average Bonchev–Trinajstić information content (AvgIpc) is 2.68. The Morgan fingerprint density at radius 2 is 2.00 bits per heavy atom. The standard InChI is InChI=1S/C13H22N2S/c1-9-4-10(2)6-12(5-9)15-11(3)13-7-14-8-16-13/h7-12,15H,4-6H2,1-3H3. The lowest BCUT2D eigenvalue weighted by atomic mass is 9.80. The van der Waals surface area contributed by atoms with Gasteiger partial charge in [-0.3, -0.25) is 4.98 Å². The summed E-state index contributed by atoms with van der Waals surface area (Å²) in [4.78, 5) is 5.50. The van der Waals surface area contributed by atoms with E-state index in [4.69, 9.17) is 0 Å². The zero-order valence-corrected chi connectivity index (χ0v) is 11.3. The van der Waals surface area contributed by atoms with E-state index in [0.29, 0.717) is 12.1 Å². The van der Waals surface area contributed by atoms with Crippen molar-refractivity contribution in [2.75, 3.05) is 0 Å². The molecule has 0 aliphatic heterocycles. The van der Waals surface area contributed by atoms with Gasteiger partial charge in [0.15, 0.2) is 0 Å². The van der Waals surface area contributed by atoms with Crippen LogP contribution in [-0.4, -0.2) is 11.0 Å². The van der Waals surface area contributed by atoms with Crippen molar-refractivity contribution in [2.24, 2.45) is 11.8 Å². The quantitative estimate of drug-likeness (QED) is 0.870. The molecule has 3 unspecified atom stereocenters. The van der Waals surface area contributed by atoms with Crippen LogP contribution in [0.3, 0.4) is 0 Å². The van der Waals surface area contributed by atoms with Crippen LogP contribution < -0.4 is 5.32 Å². The van der Waals surface area contributed by atoms with E-state index in [9.17, 15) is 0 Å². The summed E-state index contributed by atoms with van der Waals surface area (Å²) in [6.07, 6.45) is 6.03. The van der Waals surface area contributed by atoms with Gasteiger partial charge in [0.2, 0.25) is 0 Å². The highest BCUT2D eigenvalue weighted by Gasteiger charge is 2.25. The Morgan fingerprint density at radius 3 is 2.56 bits per heavy atom. The molecule has 1 N–H and O–H groups in total. The van der Waals surface area contributed by atoms with Crippen LogP contribution in [0.15, 0.2) is 11.7 Å². The first kappa shape index (κ1) is 12.1. The van der Waals surface area contributed by atoms with Gasteiger partial charge in [-0.25, -0.2) is 0 Å². The third-order valence-corrected chi connectivity index (χ3v) is 4.50. The molecule has 1 fully saturated rings. The molecular weight excluding hydrogens is 216 g/mol. The Balaban J connectivity index is 1.89. The van der Waals surface area contributed by atoms with Crippen molar-refractivity contribution < 1.29 is 0 Å². The van der Waals surface area contributed by atoms with Crippen molar-refractivity contribution >= 4 is 11.3 Å². The molecule has 0 aromatic carbocycles. The number of nitrogens with one attached hydrogen (secondary N) is 1. The van der Waals surface area contributed by atoms with Crippen molar-refractivity contribution in [1.29, 1.82) is 0 Å². The highest BCUT2D eigenvalue weighted by molar-refractivity contribution is 7.09. The molecule has 1 aliphatic carbocycles. The largest absolute Gasteiger partial charge is 0.307 e. The maximum absolute atomic E-state index is 4.14. The molecule has 3 atom stereocenters. The summed E-state index contributed by atoms with van der Waals surface area (Å²) in [7, 11) is 0. The molecule has 0 radical (unpaired) electrons. The Morgan fingerprint density at radius 1 is 1.31 bits per heavy atom. The van der Waals surface area contributed by atoms with Gasteiger partial charge in [-0.1, -0.05) is 13.8 Å². The molecular formula is C13H22N2S. The van der Waals surface area contributed by atoms with E-state index in [-0.39, 0.29) is 0 Å². The van der Waals surface area contributed by atoms with Gasteiger partial charge in [-0.15, -0.1) is 11.3 Å². The van der Waals surface area contributed by atoms with Crippen molar-refractivity contribution in [2.45, 2.75) is 52.1 Å². The van der Waals surface area contributed by atoms with E-state index < -0.39 is 0 Å². The molecule has 1 heterocycles. The monoisotopic (exact) mass is 238 g/mol. The fourth-order valence-electron chi connectivity index (χ4n) is 2.96. The normalized spacial score (nSPS) is 32.6. The molecule has 1 saturated carbocycles. The zero-order chi connectivity index (χ0) is 11.5. The van der Waals surface area contributed by atoms with Gasteiger partial charge in [0.1, 0.15) is 0 Å². The molecule has 90 valence electrons. The molecule has 16 heavy (non-hydrogen) atoms. The second-order valence-electron chi connectivity index (χ2n) is 5.41. The highest BCUT2D eigenvalue weighted by Crippen LogP contribution is 2.30. The average molecular weight is 238 g/mol. The first-order valence-corrected chi connectivity index (χ1v) is 7.17. The van der Waals surface area contributed by atoms with E-state index in [1.807, 2.05) is 11.7 Å². The summed E-state index contributed by atoms with van der Waals surface area (Å²) in [6, 6.07) is 1.14. The van der Waals surface area contributed by atoms with Gasteiger partial charge >= 0.3 is 0 Å². The molecule has 1 aromatic rings. The van der Waals surface area contributed by atoms with Gasteiger partial charge in [-0.2, -0.15) is 0 Å². The topological polar surface area (TPSA) is 24.9 Å². The summed E-state index contributed by atoms with van der Waals surface area (Å²) in [5, 5.41) is 3.75. The minimum atomic E-state index is 0.454. The Kier molecular flexibility index (Phi) is 3.98. The van der Waals surface area contributed by atoms with E-state index >= 15 is 0 Å². The maximum atomic E-state index is 4.14. The van der Waals surface area contributed by atoms with Crippen LogP contribution in [0.25, 0.3) is 0 Å². The van der Waals surface area contributed by atoms with Gasteiger partial charge < -0.3 is 5.32 Å². The van der Waals surface area contributed by atoms with Crippen LogP contribution in [0.5, 0.6) is 0 Å². The van der Waals surface area contributed by atoms with Gasteiger partial charge in [0, 0.05) is 23.2 Å². The second-order valence-corrected chi connectivity index (χ2v) is 6.32. The lowest BCUT2D eigenvalue weighted by Gasteiger charge is -2.33. The van der Waals surface area contributed by atoms with Crippen LogP contribution >= 0.6 is 11.3 Å². The smallest absolute Gasteiger partial charge is 0.0794 e. The molecule has 0 saturated heterocycles. The minimum Gasteiger partial charge on any atom is -0.307 e. The minimum absolute atomic E-state index is 0.454.